The molecule has 3 rings (SSSR count). The highest BCUT2D eigenvalue weighted by Gasteiger charge is 2.48. The first-order valence-electron chi connectivity index (χ1n) is 14.3. The maximum Gasteiger partial charge on any atom is 0.161 e. The number of hydrogen-bond donors (Lipinski definition) is 0. The lowest BCUT2D eigenvalue weighted by molar-refractivity contribution is -0.339. The van der Waals surface area contributed by atoms with Gasteiger partial charge in [0.2, 0.25) is 0 Å². The molecule has 200 valence electrons. The summed E-state index contributed by atoms with van der Waals surface area (Å²) in [5.74, 6) is 2.91. The SMILES string of the molecule is CCC1O[C@H](C)C(C)[C@@H](C)[C@@H]1O[C@@H]1O[C@@H](CC)[C@@H](O[C@H]2O[C@@H](CC)[C@@H](C)C(C)C2C)C(C)C1C. The zero-order valence-electron chi connectivity index (χ0n) is 23.8. The molecule has 0 radical (unpaired) electrons. The van der Waals surface area contributed by atoms with Crippen LogP contribution in [0, 0.1) is 41.4 Å². The van der Waals surface area contributed by atoms with Gasteiger partial charge in [0.1, 0.15) is 0 Å². The first kappa shape index (κ1) is 28.4. The molecular weight excluding hydrogens is 428 g/mol. The summed E-state index contributed by atoms with van der Waals surface area (Å²) in [6, 6.07) is 0. The standard InChI is InChI=1S/C29H54O5/c1-12-23-17(6)15(4)20(9)28(31-23)34-27-19(8)21(10)29(32-25(27)14-3)33-26-18(7)16(5)22(11)30-24(26)13-2/h15-29H,12-14H2,1-11H3/t15?,16?,17-,18+,19?,20?,21?,22+,23-,24?,25-,26-,27-,28+,29-/m0/s1. The minimum absolute atomic E-state index is 0.00188. The highest BCUT2D eigenvalue weighted by Crippen LogP contribution is 2.42. The fourth-order valence-corrected chi connectivity index (χ4v) is 6.46. The van der Waals surface area contributed by atoms with E-state index in [1.165, 1.54) is 0 Å². The van der Waals surface area contributed by atoms with Gasteiger partial charge in [0.15, 0.2) is 12.6 Å². The zero-order chi connectivity index (χ0) is 25.3. The summed E-state index contributed by atoms with van der Waals surface area (Å²) in [5.41, 5.74) is 0. The average molecular weight is 483 g/mol. The summed E-state index contributed by atoms with van der Waals surface area (Å²) in [7, 11) is 0. The number of rotatable bonds is 7. The first-order chi connectivity index (χ1) is 16.0. The van der Waals surface area contributed by atoms with Crippen molar-refractivity contribution in [3.63, 3.8) is 0 Å². The van der Waals surface area contributed by atoms with Crippen LogP contribution in [0.3, 0.4) is 0 Å². The lowest BCUT2D eigenvalue weighted by Gasteiger charge is -2.51. The fraction of sp³-hybridized carbons (Fsp3) is 1.00. The number of ether oxygens (including phenoxy) is 5. The van der Waals surface area contributed by atoms with Crippen molar-refractivity contribution in [2.75, 3.05) is 0 Å². The molecule has 0 saturated carbocycles. The van der Waals surface area contributed by atoms with Gasteiger partial charge in [0.25, 0.3) is 0 Å². The van der Waals surface area contributed by atoms with E-state index in [1.807, 2.05) is 0 Å². The molecule has 3 heterocycles. The summed E-state index contributed by atoms with van der Waals surface area (Å²) in [5, 5.41) is 0. The summed E-state index contributed by atoms with van der Waals surface area (Å²) >= 11 is 0. The van der Waals surface area contributed by atoms with Gasteiger partial charge in [-0.1, -0.05) is 69.2 Å². The van der Waals surface area contributed by atoms with Crippen LogP contribution >= 0.6 is 0 Å². The van der Waals surface area contributed by atoms with E-state index >= 15 is 0 Å². The Morgan fingerprint density at radius 1 is 0.441 bits per heavy atom. The van der Waals surface area contributed by atoms with Gasteiger partial charge in [-0.3, -0.25) is 0 Å². The van der Waals surface area contributed by atoms with Crippen LogP contribution < -0.4 is 0 Å². The molecular formula is C29H54O5. The quantitative estimate of drug-likeness (QED) is 0.405. The molecule has 6 unspecified atom stereocenters. The van der Waals surface area contributed by atoms with Gasteiger partial charge in [0, 0.05) is 11.8 Å². The molecule has 0 aromatic heterocycles. The predicted octanol–water partition coefficient (Wildman–Crippen LogP) is 6.68. The summed E-state index contributed by atoms with van der Waals surface area (Å²) in [6.07, 6.45) is 3.16. The van der Waals surface area contributed by atoms with Crippen molar-refractivity contribution in [1.29, 1.82) is 0 Å². The molecule has 3 aliphatic heterocycles. The van der Waals surface area contributed by atoms with Crippen LogP contribution in [0.25, 0.3) is 0 Å². The molecule has 3 aliphatic rings. The summed E-state index contributed by atoms with van der Waals surface area (Å²) in [6.45, 7) is 24.9. The van der Waals surface area contributed by atoms with E-state index in [1.54, 1.807) is 0 Å². The Morgan fingerprint density at radius 2 is 0.853 bits per heavy atom. The molecule has 0 aromatic rings. The van der Waals surface area contributed by atoms with Crippen molar-refractivity contribution in [1.82, 2.24) is 0 Å². The van der Waals surface area contributed by atoms with Crippen molar-refractivity contribution < 1.29 is 23.7 Å². The Hall–Kier alpha value is -0.200. The van der Waals surface area contributed by atoms with Gasteiger partial charge < -0.3 is 23.7 Å². The molecule has 0 spiro atoms. The van der Waals surface area contributed by atoms with E-state index in [9.17, 15) is 0 Å². The predicted molar refractivity (Wildman–Crippen MR) is 136 cm³/mol. The van der Waals surface area contributed by atoms with Crippen LogP contribution in [0.2, 0.25) is 0 Å². The van der Waals surface area contributed by atoms with Crippen LogP contribution in [0.4, 0.5) is 0 Å². The van der Waals surface area contributed by atoms with Crippen LogP contribution in [-0.2, 0) is 23.7 Å². The van der Waals surface area contributed by atoms with Crippen LogP contribution in [0.1, 0.15) is 95.4 Å². The van der Waals surface area contributed by atoms with Crippen molar-refractivity contribution in [3.05, 3.63) is 0 Å². The molecule has 0 amide bonds. The second-order valence-electron chi connectivity index (χ2n) is 11.9. The highest BCUT2D eigenvalue weighted by atomic mass is 16.7. The lowest BCUT2D eigenvalue weighted by Crippen LogP contribution is -2.57. The molecule has 0 aromatic carbocycles. The zero-order valence-corrected chi connectivity index (χ0v) is 23.8. The van der Waals surface area contributed by atoms with E-state index in [0.717, 1.165) is 19.3 Å². The molecule has 34 heavy (non-hydrogen) atoms. The maximum absolute atomic E-state index is 6.79. The highest BCUT2D eigenvalue weighted by molar-refractivity contribution is 4.92. The van der Waals surface area contributed by atoms with Gasteiger partial charge in [0.05, 0.1) is 36.6 Å². The Morgan fingerprint density at radius 3 is 1.35 bits per heavy atom. The minimum atomic E-state index is -0.238. The van der Waals surface area contributed by atoms with Gasteiger partial charge in [-0.25, -0.2) is 0 Å². The third-order valence-corrected chi connectivity index (χ3v) is 10.1. The van der Waals surface area contributed by atoms with Gasteiger partial charge in [-0.05, 0) is 55.8 Å². The Bertz CT molecular complexity index is 622. The normalized spacial score (nSPS) is 52.5. The fourth-order valence-electron chi connectivity index (χ4n) is 6.46. The van der Waals surface area contributed by atoms with Gasteiger partial charge in [-0.15, -0.1) is 0 Å². The molecule has 15 atom stereocenters. The van der Waals surface area contributed by atoms with Gasteiger partial charge >= 0.3 is 0 Å². The van der Waals surface area contributed by atoms with Crippen LogP contribution in [0.5, 0.6) is 0 Å². The monoisotopic (exact) mass is 482 g/mol. The van der Waals surface area contributed by atoms with Crippen LogP contribution in [0.15, 0.2) is 0 Å². The first-order valence-corrected chi connectivity index (χ1v) is 14.3. The van der Waals surface area contributed by atoms with Crippen molar-refractivity contribution in [2.45, 2.75) is 145 Å². The molecule has 5 heteroatoms. The Kier molecular flexibility index (Phi) is 9.93. The molecule has 3 fully saturated rings. The van der Waals surface area contributed by atoms with E-state index in [-0.39, 0.29) is 55.1 Å². The smallest absolute Gasteiger partial charge is 0.161 e. The molecule has 0 aliphatic carbocycles. The van der Waals surface area contributed by atoms with E-state index < -0.39 is 0 Å². The second kappa shape index (κ2) is 11.9. The maximum atomic E-state index is 6.79. The van der Waals surface area contributed by atoms with Crippen molar-refractivity contribution in [3.8, 4) is 0 Å². The third-order valence-electron chi connectivity index (χ3n) is 10.1. The van der Waals surface area contributed by atoms with E-state index in [2.05, 4.69) is 76.2 Å². The molecule has 5 nitrogen and oxygen atoms in total. The van der Waals surface area contributed by atoms with Gasteiger partial charge in [-0.2, -0.15) is 0 Å². The largest absolute Gasteiger partial charge is 0.372 e. The second-order valence-corrected chi connectivity index (χ2v) is 11.9. The summed E-state index contributed by atoms with van der Waals surface area (Å²) < 4.78 is 33.1. The average Bonchev–Trinajstić information content (AvgIpc) is 2.83. The lowest BCUT2D eigenvalue weighted by atomic mass is 9.78. The molecule has 3 saturated heterocycles. The molecule has 0 bridgehead atoms. The molecule has 0 N–H and O–H groups in total. The van der Waals surface area contributed by atoms with Crippen molar-refractivity contribution in [2.24, 2.45) is 41.4 Å². The number of hydrogen-bond acceptors (Lipinski definition) is 5. The third kappa shape index (κ3) is 5.54. The van der Waals surface area contributed by atoms with E-state index in [4.69, 9.17) is 23.7 Å². The van der Waals surface area contributed by atoms with E-state index in [0.29, 0.717) is 35.5 Å². The topological polar surface area (TPSA) is 46.2 Å². The Balaban J connectivity index is 1.72. The van der Waals surface area contributed by atoms with Crippen LogP contribution in [-0.4, -0.2) is 49.2 Å². The Labute approximate surface area is 210 Å². The minimum Gasteiger partial charge on any atom is -0.372 e. The van der Waals surface area contributed by atoms with Crippen molar-refractivity contribution >= 4 is 0 Å². The summed E-state index contributed by atoms with van der Waals surface area (Å²) in [4.78, 5) is 0.